The molecular formula is C30H37NO6. The van der Waals surface area contributed by atoms with Crippen LogP contribution in [0.4, 0.5) is 0 Å². The first kappa shape index (κ1) is 26.7. The molecule has 0 radical (unpaired) electrons. The number of ether oxygens (including phenoxy) is 3. The van der Waals surface area contributed by atoms with E-state index >= 15 is 0 Å². The number of nitrogens with zero attached hydrogens (tertiary/aromatic N) is 1. The summed E-state index contributed by atoms with van der Waals surface area (Å²) in [5.41, 5.74) is 2.34. The Morgan fingerprint density at radius 2 is 1.78 bits per heavy atom. The van der Waals surface area contributed by atoms with Crippen molar-refractivity contribution in [3.8, 4) is 11.5 Å². The fraction of sp³-hybridized carbons (Fsp3) is 0.467. The van der Waals surface area contributed by atoms with E-state index < -0.39 is 6.04 Å². The molecule has 0 saturated carbocycles. The molecule has 1 unspecified atom stereocenters. The van der Waals surface area contributed by atoms with Crippen LogP contribution in [0.1, 0.15) is 80.2 Å². The molecule has 1 aliphatic heterocycles. The fourth-order valence-corrected chi connectivity index (χ4v) is 4.67. The number of carbonyl (C=O) groups excluding carboxylic acids is 1. The van der Waals surface area contributed by atoms with Crippen LogP contribution in [0.3, 0.4) is 0 Å². The summed E-state index contributed by atoms with van der Waals surface area (Å²) in [6.07, 6.45) is 2.71. The highest BCUT2D eigenvalue weighted by Crippen LogP contribution is 2.41. The Labute approximate surface area is 218 Å². The molecule has 3 aromatic rings. The standard InChI is InChI=1S/C30H37NO6/c1-6-8-15-36-24-13-11-21(18-25(24)34-7-2)27-26-28(32)22-17-20(5)10-12-23(22)37-29(26)30(33)31(27)14-9-16-35-19(3)4/h10-13,17-19,27H,6-9,14-16H2,1-5H3. The summed E-state index contributed by atoms with van der Waals surface area (Å²) in [5, 5.41) is 0.478. The van der Waals surface area contributed by atoms with Gasteiger partial charge in [0.2, 0.25) is 5.76 Å². The number of aryl methyl sites for hydroxylation is 1. The zero-order chi connectivity index (χ0) is 26.5. The van der Waals surface area contributed by atoms with Gasteiger partial charge in [-0.3, -0.25) is 9.59 Å². The van der Waals surface area contributed by atoms with E-state index in [0.29, 0.717) is 60.8 Å². The van der Waals surface area contributed by atoms with Gasteiger partial charge in [0.25, 0.3) is 5.91 Å². The Hall–Kier alpha value is -3.32. The fourth-order valence-electron chi connectivity index (χ4n) is 4.67. The molecule has 0 saturated heterocycles. The Kier molecular flexibility index (Phi) is 8.54. The van der Waals surface area contributed by atoms with Crippen LogP contribution in [-0.4, -0.2) is 43.3 Å². The lowest BCUT2D eigenvalue weighted by Gasteiger charge is -2.26. The van der Waals surface area contributed by atoms with Gasteiger partial charge in [-0.1, -0.05) is 31.0 Å². The molecule has 7 nitrogen and oxygen atoms in total. The van der Waals surface area contributed by atoms with Crippen molar-refractivity contribution < 1.29 is 23.4 Å². The monoisotopic (exact) mass is 507 g/mol. The van der Waals surface area contributed by atoms with Gasteiger partial charge in [-0.05, 0) is 70.4 Å². The second kappa shape index (κ2) is 11.8. The van der Waals surface area contributed by atoms with E-state index in [4.69, 9.17) is 18.6 Å². The second-order valence-electron chi connectivity index (χ2n) is 9.69. The summed E-state index contributed by atoms with van der Waals surface area (Å²) in [6, 6.07) is 10.5. The molecule has 1 atom stereocenters. The maximum atomic E-state index is 13.8. The molecule has 198 valence electrons. The number of hydrogen-bond donors (Lipinski definition) is 0. The summed E-state index contributed by atoms with van der Waals surface area (Å²) in [7, 11) is 0. The highest BCUT2D eigenvalue weighted by Gasteiger charge is 2.42. The van der Waals surface area contributed by atoms with Crippen LogP contribution in [0.15, 0.2) is 45.6 Å². The third-order valence-corrected chi connectivity index (χ3v) is 6.45. The van der Waals surface area contributed by atoms with Crippen molar-refractivity contribution in [3.63, 3.8) is 0 Å². The van der Waals surface area contributed by atoms with Crippen molar-refractivity contribution in [1.29, 1.82) is 0 Å². The third kappa shape index (κ3) is 5.67. The number of benzene rings is 2. The van der Waals surface area contributed by atoms with E-state index in [1.165, 1.54) is 0 Å². The van der Waals surface area contributed by atoms with Crippen LogP contribution in [0, 0.1) is 6.92 Å². The summed E-state index contributed by atoms with van der Waals surface area (Å²) in [6.45, 7) is 11.9. The lowest BCUT2D eigenvalue weighted by Crippen LogP contribution is -2.31. The average Bonchev–Trinajstić information content (AvgIpc) is 3.15. The third-order valence-electron chi connectivity index (χ3n) is 6.45. The minimum atomic E-state index is -0.591. The molecule has 4 rings (SSSR count). The highest BCUT2D eigenvalue weighted by atomic mass is 16.5. The van der Waals surface area contributed by atoms with Crippen LogP contribution < -0.4 is 14.9 Å². The SMILES string of the molecule is CCCCOc1ccc(C2c3c(oc4ccc(C)cc4c3=O)C(=O)N2CCCOC(C)C)cc1OCC. The maximum absolute atomic E-state index is 13.8. The predicted molar refractivity (Wildman–Crippen MR) is 144 cm³/mol. The van der Waals surface area contributed by atoms with Gasteiger partial charge in [0, 0.05) is 13.2 Å². The van der Waals surface area contributed by atoms with Gasteiger partial charge in [0.05, 0.1) is 36.3 Å². The van der Waals surface area contributed by atoms with Gasteiger partial charge in [-0.15, -0.1) is 0 Å². The number of unbranched alkanes of at least 4 members (excludes halogenated alkanes) is 1. The van der Waals surface area contributed by atoms with Crippen molar-refractivity contribution in [1.82, 2.24) is 4.90 Å². The van der Waals surface area contributed by atoms with Crippen molar-refractivity contribution >= 4 is 16.9 Å². The lowest BCUT2D eigenvalue weighted by atomic mass is 9.97. The molecule has 0 fully saturated rings. The molecular weight excluding hydrogens is 470 g/mol. The zero-order valence-corrected chi connectivity index (χ0v) is 22.5. The quantitative estimate of drug-likeness (QED) is 0.278. The number of carbonyl (C=O) groups is 1. The summed E-state index contributed by atoms with van der Waals surface area (Å²) in [5.74, 6) is 1.07. The molecule has 7 heteroatoms. The molecule has 1 amide bonds. The number of hydrogen-bond acceptors (Lipinski definition) is 6. The smallest absolute Gasteiger partial charge is 0.290 e. The topological polar surface area (TPSA) is 78.2 Å². The Morgan fingerprint density at radius 3 is 2.51 bits per heavy atom. The molecule has 2 aromatic carbocycles. The van der Waals surface area contributed by atoms with E-state index in [9.17, 15) is 9.59 Å². The van der Waals surface area contributed by atoms with Crippen LogP contribution in [-0.2, 0) is 4.74 Å². The largest absolute Gasteiger partial charge is 0.490 e. The first-order valence-electron chi connectivity index (χ1n) is 13.2. The molecule has 2 heterocycles. The first-order chi connectivity index (χ1) is 17.8. The summed E-state index contributed by atoms with van der Waals surface area (Å²) < 4.78 is 23.6. The van der Waals surface area contributed by atoms with E-state index in [2.05, 4.69) is 6.92 Å². The van der Waals surface area contributed by atoms with Gasteiger partial charge in [0.15, 0.2) is 16.9 Å². The van der Waals surface area contributed by atoms with Gasteiger partial charge >= 0.3 is 0 Å². The van der Waals surface area contributed by atoms with Crippen molar-refractivity contribution in [2.24, 2.45) is 0 Å². The Balaban J connectivity index is 1.80. The minimum Gasteiger partial charge on any atom is -0.490 e. The van der Waals surface area contributed by atoms with Crippen LogP contribution in [0.25, 0.3) is 11.0 Å². The molecule has 1 aliphatic rings. The van der Waals surface area contributed by atoms with E-state index in [0.717, 1.165) is 24.0 Å². The van der Waals surface area contributed by atoms with Crippen LogP contribution in [0.2, 0.25) is 0 Å². The van der Waals surface area contributed by atoms with Crippen LogP contribution in [0.5, 0.6) is 11.5 Å². The Morgan fingerprint density at radius 1 is 0.973 bits per heavy atom. The Bertz CT molecular complexity index is 1310. The van der Waals surface area contributed by atoms with Gasteiger partial charge in [-0.25, -0.2) is 0 Å². The van der Waals surface area contributed by atoms with Crippen molar-refractivity contribution in [2.45, 2.75) is 66.0 Å². The summed E-state index contributed by atoms with van der Waals surface area (Å²) >= 11 is 0. The molecule has 1 aromatic heterocycles. The van der Waals surface area contributed by atoms with Crippen molar-refractivity contribution in [3.05, 3.63) is 69.1 Å². The molecule has 0 N–H and O–H groups in total. The van der Waals surface area contributed by atoms with Gasteiger partial charge in [-0.2, -0.15) is 0 Å². The maximum Gasteiger partial charge on any atom is 0.290 e. The van der Waals surface area contributed by atoms with Gasteiger partial charge < -0.3 is 23.5 Å². The van der Waals surface area contributed by atoms with E-state index in [1.807, 2.05) is 58.0 Å². The van der Waals surface area contributed by atoms with Crippen molar-refractivity contribution in [2.75, 3.05) is 26.4 Å². The molecule has 0 spiro atoms. The highest BCUT2D eigenvalue weighted by molar-refractivity contribution is 5.99. The molecule has 0 aliphatic carbocycles. The van der Waals surface area contributed by atoms with Crippen LogP contribution >= 0.6 is 0 Å². The lowest BCUT2D eigenvalue weighted by molar-refractivity contribution is 0.0593. The normalized spacial score (nSPS) is 15.0. The number of rotatable bonds is 12. The molecule has 0 bridgehead atoms. The van der Waals surface area contributed by atoms with E-state index in [-0.39, 0.29) is 23.2 Å². The number of fused-ring (bicyclic) bond motifs is 2. The first-order valence-corrected chi connectivity index (χ1v) is 13.2. The average molecular weight is 508 g/mol. The summed E-state index contributed by atoms with van der Waals surface area (Å²) in [4.78, 5) is 29.1. The zero-order valence-electron chi connectivity index (χ0n) is 22.5. The van der Waals surface area contributed by atoms with E-state index in [1.54, 1.807) is 11.0 Å². The number of amides is 1. The minimum absolute atomic E-state index is 0.105. The second-order valence-corrected chi connectivity index (χ2v) is 9.69. The predicted octanol–water partition coefficient (Wildman–Crippen LogP) is 6.04. The van der Waals surface area contributed by atoms with Gasteiger partial charge in [0.1, 0.15) is 5.58 Å². The molecule has 37 heavy (non-hydrogen) atoms.